The molecule has 0 amide bonds. The van der Waals surface area contributed by atoms with Gasteiger partial charge in [0.05, 0.1) is 33.6 Å². The number of carbonyl (C=O) groups is 3. The highest BCUT2D eigenvalue weighted by atomic mass is 16.5. The van der Waals surface area contributed by atoms with Crippen molar-refractivity contribution in [1.29, 1.82) is 0 Å². The van der Waals surface area contributed by atoms with Crippen molar-refractivity contribution in [3.8, 4) is 17.2 Å². The summed E-state index contributed by atoms with van der Waals surface area (Å²) in [6.45, 7) is 0. The molecule has 0 saturated carbocycles. The average molecular weight is 573 g/mol. The highest BCUT2D eigenvalue weighted by Crippen LogP contribution is 2.66. The summed E-state index contributed by atoms with van der Waals surface area (Å²) in [7, 11) is 4.59. The van der Waals surface area contributed by atoms with E-state index < -0.39 is 23.4 Å². The highest BCUT2D eigenvalue weighted by molar-refractivity contribution is 6.31. The maximum atomic E-state index is 14.9. The van der Waals surface area contributed by atoms with E-state index in [1.54, 1.807) is 85.1 Å². The number of para-hydroxylation sites is 1. The number of methoxy groups -OCH3 is 3. The minimum Gasteiger partial charge on any atom is -0.497 e. The molecule has 0 bridgehead atoms. The van der Waals surface area contributed by atoms with Gasteiger partial charge in [-0.05, 0) is 41.5 Å². The van der Waals surface area contributed by atoms with Crippen LogP contribution in [0.5, 0.6) is 17.2 Å². The Balaban J connectivity index is 1.57. The van der Waals surface area contributed by atoms with Crippen LogP contribution in [0.3, 0.4) is 0 Å². The van der Waals surface area contributed by atoms with Gasteiger partial charge in [0.1, 0.15) is 17.2 Å². The van der Waals surface area contributed by atoms with Gasteiger partial charge in [-0.1, -0.05) is 60.7 Å². The Morgan fingerprint density at radius 2 is 1.40 bits per heavy atom. The van der Waals surface area contributed by atoms with Crippen LogP contribution in [0.2, 0.25) is 0 Å². The van der Waals surface area contributed by atoms with Crippen molar-refractivity contribution in [1.82, 2.24) is 5.01 Å². The monoisotopic (exact) mass is 572 g/mol. The number of Topliss-reactive ketones (excluding diaryl/α,β-unsaturated/α-hetero) is 3. The Morgan fingerprint density at radius 1 is 0.744 bits per heavy atom. The topological polar surface area (TPSA) is 94.5 Å². The van der Waals surface area contributed by atoms with Gasteiger partial charge in [0.2, 0.25) is 0 Å². The van der Waals surface area contributed by atoms with E-state index in [0.29, 0.717) is 39.5 Å². The van der Waals surface area contributed by atoms with Crippen LogP contribution < -0.4 is 14.2 Å². The van der Waals surface area contributed by atoms with E-state index in [0.717, 1.165) is 11.1 Å². The lowest BCUT2D eigenvalue weighted by atomic mass is 9.62. The summed E-state index contributed by atoms with van der Waals surface area (Å²) in [5.41, 5.74) is 1.41. The fourth-order valence-corrected chi connectivity index (χ4v) is 7.20. The van der Waals surface area contributed by atoms with Gasteiger partial charge in [-0.25, -0.2) is 0 Å². The fourth-order valence-electron chi connectivity index (χ4n) is 7.20. The zero-order valence-corrected chi connectivity index (χ0v) is 23.8. The number of fused-ring (bicyclic) bond motifs is 5. The van der Waals surface area contributed by atoms with Crippen molar-refractivity contribution in [3.05, 3.63) is 124 Å². The molecule has 4 aromatic carbocycles. The largest absolute Gasteiger partial charge is 0.497 e. The van der Waals surface area contributed by atoms with Gasteiger partial charge in [-0.3, -0.25) is 19.4 Å². The van der Waals surface area contributed by atoms with Gasteiger partial charge < -0.3 is 14.2 Å². The minimum absolute atomic E-state index is 0.285. The van der Waals surface area contributed by atoms with E-state index in [2.05, 4.69) is 0 Å². The van der Waals surface area contributed by atoms with Gasteiger partial charge in [-0.15, -0.1) is 0 Å². The Kier molecular flexibility index (Phi) is 6.16. The van der Waals surface area contributed by atoms with Crippen LogP contribution >= 0.6 is 0 Å². The van der Waals surface area contributed by atoms with Crippen LogP contribution in [0.4, 0.5) is 0 Å². The Hall–Kier alpha value is -5.24. The third-order valence-electron chi connectivity index (χ3n) is 8.99. The average Bonchev–Trinajstić information content (AvgIpc) is 3.49. The van der Waals surface area contributed by atoms with Crippen molar-refractivity contribution < 1.29 is 28.6 Å². The summed E-state index contributed by atoms with van der Waals surface area (Å²) in [4.78, 5) is 44.6. The van der Waals surface area contributed by atoms with Gasteiger partial charge in [0, 0.05) is 28.2 Å². The van der Waals surface area contributed by atoms with E-state index in [1.807, 2.05) is 24.3 Å². The van der Waals surface area contributed by atoms with Crippen LogP contribution in [-0.4, -0.2) is 55.9 Å². The maximum Gasteiger partial charge on any atom is 0.187 e. The third-order valence-corrected chi connectivity index (χ3v) is 8.99. The number of carbonyl (C=O) groups excluding carboxylic acids is 3. The Bertz CT molecular complexity index is 1790. The molecule has 0 unspecified atom stereocenters. The molecule has 3 aliphatic rings. The number of hydrogen-bond acceptors (Lipinski definition) is 8. The lowest BCUT2D eigenvalue weighted by Gasteiger charge is -2.36. The van der Waals surface area contributed by atoms with Crippen molar-refractivity contribution in [2.75, 3.05) is 21.3 Å². The first-order chi connectivity index (χ1) is 21.0. The SMILES string of the molecule is COc1ccc(C(=O)[C@H]2[C@H](c3cccc(OC)c3OC)C3(C(=O)c4ccccc4C3=O)[C@H]3c4ccccc4C=NN23)cc1. The normalized spacial score (nSPS) is 20.9. The third kappa shape index (κ3) is 3.56. The molecule has 8 nitrogen and oxygen atoms in total. The smallest absolute Gasteiger partial charge is 0.187 e. The summed E-state index contributed by atoms with van der Waals surface area (Å²) in [6.07, 6.45) is 1.69. The molecule has 1 aliphatic carbocycles. The molecule has 7 rings (SSSR count). The van der Waals surface area contributed by atoms with E-state index in [4.69, 9.17) is 19.3 Å². The molecular weight excluding hydrogens is 544 g/mol. The number of hydrogen-bond donors (Lipinski definition) is 0. The quantitative estimate of drug-likeness (QED) is 0.222. The van der Waals surface area contributed by atoms with E-state index in [9.17, 15) is 14.4 Å². The summed E-state index contributed by atoms with van der Waals surface area (Å²) in [5.74, 6) is -0.555. The van der Waals surface area contributed by atoms with Gasteiger partial charge >= 0.3 is 0 Å². The van der Waals surface area contributed by atoms with Gasteiger partial charge in [0.25, 0.3) is 0 Å². The van der Waals surface area contributed by atoms with Crippen molar-refractivity contribution in [3.63, 3.8) is 0 Å². The van der Waals surface area contributed by atoms with Crippen molar-refractivity contribution in [2.45, 2.75) is 18.0 Å². The summed E-state index contributed by atoms with van der Waals surface area (Å²) in [5, 5.41) is 6.47. The number of ketones is 3. The van der Waals surface area contributed by atoms with Crippen LogP contribution in [0, 0.1) is 5.41 Å². The maximum absolute atomic E-state index is 14.9. The lowest BCUT2D eigenvalue weighted by molar-refractivity contribution is 0.0585. The van der Waals surface area contributed by atoms with Crippen LogP contribution in [-0.2, 0) is 0 Å². The first-order valence-electron chi connectivity index (χ1n) is 14.0. The Labute approximate surface area is 248 Å². The summed E-state index contributed by atoms with van der Waals surface area (Å²) >= 11 is 0. The molecule has 1 saturated heterocycles. The predicted molar refractivity (Wildman–Crippen MR) is 160 cm³/mol. The first kappa shape index (κ1) is 26.6. The number of nitrogens with zero attached hydrogens (tertiary/aromatic N) is 2. The zero-order chi connectivity index (χ0) is 29.9. The molecule has 2 heterocycles. The minimum atomic E-state index is -1.72. The fraction of sp³-hybridized carbons (Fsp3) is 0.200. The van der Waals surface area contributed by atoms with E-state index >= 15 is 0 Å². The van der Waals surface area contributed by atoms with E-state index in [-0.39, 0.29) is 17.3 Å². The molecule has 1 spiro atoms. The van der Waals surface area contributed by atoms with E-state index in [1.165, 1.54) is 14.2 Å². The summed E-state index contributed by atoms with van der Waals surface area (Å²) < 4.78 is 16.9. The molecule has 3 atom stereocenters. The molecule has 0 aromatic heterocycles. The molecule has 0 N–H and O–H groups in total. The Morgan fingerprint density at radius 3 is 2.05 bits per heavy atom. The molecule has 1 fully saturated rings. The second-order valence-corrected chi connectivity index (χ2v) is 10.8. The molecule has 214 valence electrons. The lowest BCUT2D eigenvalue weighted by Crippen LogP contribution is -2.44. The van der Waals surface area contributed by atoms with Crippen LogP contribution in [0.1, 0.15) is 59.7 Å². The van der Waals surface area contributed by atoms with Crippen molar-refractivity contribution >= 4 is 23.6 Å². The second-order valence-electron chi connectivity index (χ2n) is 10.8. The number of hydrazone groups is 1. The molecule has 43 heavy (non-hydrogen) atoms. The van der Waals surface area contributed by atoms with Crippen LogP contribution in [0.25, 0.3) is 0 Å². The second kappa shape index (κ2) is 9.94. The van der Waals surface area contributed by atoms with Gasteiger partial charge in [-0.2, -0.15) is 5.10 Å². The van der Waals surface area contributed by atoms with Crippen molar-refractivity contribution in [2.24, 2.45) is 10.5 Å². The first-order valence-corrected chi connectivity index (χ1v) is 14.0. The van der Waals surface area contributed by atoms with Gasteiger partial charge in [0.15, 0.2) is 28.8 Å². The number of rotatable bonds is 6. The molecular formula is C35H28N2O6. The standard InChI is InChI=1S/C35H28N2O6/c1-41-22-17-15-20(16-18-22)30(38)29-28(26-13-8-14-27(42-2)31(26)43-3)35(33(39)24-11-6-7-12-25(24)34(35)40)32-23-10-5-4-9-21(23)19-36-37(29)32/h4-19,28-29,32H,1-3H3/t28-,29+,32+/m0/s1. The summed E-state index contributed by atoms with van der Waals surface area (Å²) in [6, 6.07) is 24.7. The van der Waals surface area contributed by atoms with Crippen LogP contribution in [0.15, 0.2) is 96.1 Å². The number of ether oxygens (including phenoxy) is 3. The molecule has 2 aliphatic heterocycles. The molecule has 8 heteroatoms. The molecule has 0 radical (unpaired) electrons. The highest BCUT2D eigenvalue weighted by Gasteiger charge is 2.73. The zero-order valence-electron chi connectivity index (χ0n) is 23.8. The number of benzene rings is 4. The predicted octanol–water partition coefficient (Wildman–Crippen LogP) is 5.52. The molecule has 4 aromatic rings.